The Bertz CT molecular complexity index is 398. The van der Waals surface area contributed by atoms with Gasteiger partial charge >= 0.3 is 0 Å². The van der Waals surface area contributed by atoms with E-state index in [-0.39, 0.29) is 11.9 Å². The van der Waals surface area contributed by atoms with Crippen LogP contribution in [0.15, 0.2) is 22.7 Å². The highest BCUT2D eigenvalue weighted by molar-refractivity contribution is 9.10. The van der Waals surface area contributed by atoms with Gasteiger partial charge in [0.05, 0.1) is 0 Å². The molecule has 1 aromatic rings. The van der Waals surface area contributed by atoms with E-state index in [1.165, 1.54) is 0 Å². The normalized spacial score (nSPS) is 20.3. The molecule has 1 unspecified atom stereocenters. The minimum Gasteiger partial charge on any atom is -0.399 e. The van der Waals surface area contributed by atoms with E-state index in [1.807, 2.05) is 18.2 Å². The molecule has 1 fully saturated rings. The summed E-state index contributed by atoms with van der Waals surface area (Å²) in [5.74, 6) is 0.134. The third-order valence-corrected chi connectivity index (χ3v) is 3.27. The number of nitrogens with one attached hydrogen (secondary N) is 2. The molecule has 0 saturated carbocycles. The van der Waals surface area contributed by atoms with Crippen LogP contribution in [0.3, 0.4) is 0 Å². The third-order valence-electron chi connectivity index (χ3n) is 2.62. The van der Waals surface area contributed by atoms with E-state index in [4.69, 9.17) is 5.73 Å². The molecule has 0 bridgehead atoms. The second-order valence-electron chi connectivity index (χ2n) is 3.92. The van der Waals surface area contributed by atoms with Gasteiger partial charge in [0.15, 0.2) is 0 Å². The van der Waals surface area contributed by atoms with Gasteiger partial charge in [0.25, 0.3) is 0 Å². The third kappa shape index (κ3) is 2.66. The van der Waals surface area contributed by atoms with Gasteiger partial charge in [-0.15, -0.1) is 0 Å². The highest BCUT2D eigenvalue weighted by Gasteiger charge is 2.18. The SMILES string of the molecule is Nc1ccc(NC2CCC(=O)NC2)c(Br)c1. The number of anilines is 2. The molecule has 1 saturated heterocycles. The number of piperidine rings is 1. The molecule has 1 aliphatic heterocycles. The van der Waals surface area contributed by atoms with E-state index in [9.17, 15) is 4.79 Å². The van der Waals surface area contributed by atoms with Crippen molar-refractivity contribution in [1.82, 2.24) is 5.32 Å². The fraction of sp³-hybridized carbons (Fsp3) is 0.364. The van der Waals surface area contributed by atoms with E-state index in [1.54, 1.807) is 0 Å². The van der Waals surface area contributed by atoms with Crippen LogP contribution in [0.25, 0.3) is 0 Å². The maximum atomic E-state index is 11.0. The fourth-order valence-electron chi connectivity index (χ4n) is 1.72. The van der Waals surface area contributed by atoms with Crippen molar-refractivity contribution >= 4 is 33.2 Å². The zero-order valence-electron chi connectivity index (χ0n) is 8.79. The van der Waals surface area contributed by atoms with Crippen molar-refractivity contribution in [2.75, 3.05) is 17.6 Å². The maximum Gasteiger partial charge on any atom is 0.220 e. The Kier molecular flexibility index (Phi) is 3.33. The lowest BCUT2D eigenvalue weighted by molar-refractivity contribution is -0.122. The predicted octanol–water partition coefficient (Wildman–Crippen LogP) is 1.72. The summed E-state index contributed by atoms with van der Waals surface area (Å²) in [6, 6.07) is 5.95. The lowest BCUT2D eigenvalue weighted by atomic mass is 10.1. The van der Waals surface area contributed by atoms with Gasteiger partial charge in [-0.3, -0.25) is 4.79 Å². The molecule has 4 nitrogen and oxygen atoms in total. The molecule has 0 aliphatic carbocycles. The molecule has 4 N–H and O–H groups in total. The van der Waals surface area contributed by atoms with E-state index in [0.717, 1.165) is 22.3 Å². The molecule has 0 spiro atoms. The highest BCUT2D eigenvalue weighted by atomic mass is 79.9. The molecule has 86 valence electrons. The van der Waals surface area contributed by atoms with Crippen LogP contribution in [0, 0.1) is 0 Å². The van der Waals surface area contributed by atoms with Crippen LogP contribution in [0.1, 0.15) is 12.8 Å². The number of hydrogen-bond donors (Lipinski definition) is 3. The van der Waals surface area contributed by atoms with Crippen molar-refractivity contribution in [2.45, 2.75) is 18.9 Å². The number of rotatable bonds is 2. The van der Waals surface area contributed by atoms with Crippen LogP contribution >= 0.6 is 15.9 Å². The lowest BCUT2D eigenvalue weighted by Gasteiger charge is -2.25. The topological polar surface area (TPSA) is 67.1 Å². The predicted molar refractivity (Wildman–Crippen MR) is 68.2 cm³/mol. The van der Waals surface area contributed by atoms with Gasteiger partial charge < -0.3 is 16.4 Å². The number of hydrogen-bond acceptors (Lipinski definition) is 3. The van der Waals surface area contributed by atoms with Gasteiger partial charge in [0.1, 0.15) is 0 Å². The van der Waals surface area contributed by atoms with E-state index >= 15 is 0 Å². The second kappa shape index (κ2) is 4.74. The van der Waals surface area contributed by atoms with E-state index < -0.39 is 0 Å². The highest BCUT2D eigenvalue weighted by Crippen LogP contribution is 2.26. The van der Waals surface area contributed by atoms with Crippen molar-refractivity contribution in [1.29, 1.82) is 0 Å². The van der Waals surface area contributed by atoms with Gasteiger partial charge in [-0.25, -0.2) is 0 Å². The lowest BCUT2D eigenvalue weighted by Crippen LogP contribution is -2.41. The minimum absolute atomic E-state index is 0.134. The number of carbonyl (C=O) groups excluding carboxylic acids is 1. The number of nitrogens with two attached hydrogens (primary N) is 1. The zero-order chi connectivity index (χ0) is 11.5. The standard InChI is InChI=1S/C11H14BrN3O/c12-9-5-7(13)1-3-10(9)15-8-2-4-11(16)14-6-8/h1,3,5,8,15H,2,4,6,13H2,(H,14,16). The summed E-state index contributed by atoms with van der Waals surface area (Å²) in [4.78, 5) is 11.0. The first-order chi connectivity index (χ1) is 7.65. The van der Waals surface area contributed by atoms with Crippen LogP contribution in [0.4, 0.5) is 11.4 Å². The molecule has 0 radical (unpaired) electrons. The Hall–Kier alpha value is -1.23. The van der Waals surface area contributed by atoms with Crippen molar-refractivity contribution in [3.8, 4) is 0 Å². The summed E-state index contributed by atoms with van der Waals surface area (Å²) in [6.45, 7) is 0.676. The van der Waals surface area contributed by atoms with Gasteiger partial charge in [0.2, 0.25) is 5.91 Å². The van der Waals surface area contributed by atoms with E-state index in [0.29, 0.717) is 13.0 Å². The molecule has 0 aromatic heterocycles. The van der Waals surface area contributed by atoms with Gasteiger partial charge in [0, 0.05) is 34.9 Å². The van der Waals surface area contributed by atoms with Crippen LogP contribution in [-0.4, -0.2) is 18.5 Å². The first kappa shape index (κ1) is 11.3. The molecule has 16 heavy (non-hydrogen) atoms. The van der Waals surface area contributed by atoms with Gasteiger partial charge in [-0.05, 0) is 40.5 Å². The smallest absolute Gasteiger partial charge is 0.220 e. The molecule has 1 heterocycles. The molecule has 1 aromatic carbocycles. The Morgan fingerprint density at radius 3 is 2.94 bits per heavy atom. The number of halogens is 1. The van der Waals surface area contributed by atoms with Gasteiger partial charge in [-0.2, -0.15) is 0 Å². The van der Waals surface area contributed by atoms with Crippen molar-refractivity contribution in [3.63, 3.8) is 0 Å². The first-order valence-corrected chi connectivity index (χ1v) is 6.03. The monoisotopic (exact) mass is 283 g/mol. The summed E-state index contributed by atoms with van der Waals surface area (Å²) in [7, 11) is 0. The number of nitrogen functional groups attached to an aromatic ring is 1. The Morgan fingerprint density at radius 2 is 2.31 bits per heavy atom. The van der Waals surface area contributed by atoms with Crippen LogP contribution < -0.4 is 16.4 Å². The average Bonchev–Trinajstić information content (AvgIpc) is 2.25. The van der Waals surface area contributed by atoms with E-state index in [2.05, 4.69) is 26.6 Å². The number of carbonyl (C=O) groups is 1. The molecule has 1 aliphatic rings. The molecule has 5 heteroatoms. The van der Waals surface area contributed by atoms with Crippen molar-refractivity contribution in [3.05, 3.63) is 22.7 Å². The molecule has 2 rings (SSSR count). The Labute approximate surface area is 103 Å². The maximum absolute atomic E-state index is 11.0. The van der Waals surface area contributed by atoms with Crippen LogP contribution in [-0.2, 0) is 4.79 Å². The summed E-state index contributed by atoms with van der Waals surface area (Å²) >= 11 is 3.46. The van der Waals surface area contributed by atoms with Crippen molar-refractivity contribution in [2.24, 2.45) is 0 Å². The quantitative estimate of drug-likeness (QED) is 0.724. The van der Waals surface area contributed by atoms with Crippen molar-refractivity contribution < 1.29 is 4.79 Å². The Morgan fingerprint density at radius 1 is 1.50 bits per heavy atom. The zero-order valence-corrected chi connectivity index (χ0v) is 10.4. The average molecular weight is 284 g/mol. The Balaban J connectivity index is 2.01. The second-order valence-corrected chi connectivity index (χ2v) is 4.78. The summed E-state index contributed by atoms with van der Waals surface area (Å²) in [5, 5.41) is 6.22. The molecular weight excluding hydrogens is 270 g/mol. The fourth-order valence-corrected chi connectivity index (χ4v) is 2.24. The molecule has 1 amide bonds. The number of amides is 1. The summed E-state index contributed by atoms with van der Waals surface area (Å²) < 4.78 is 0.949. The summed E-state index contributed by atoms with van der Waals surface area (Å²) in [6.07, 6.45) is 1.45. The number of benzene rings is 1. The van der Waals surface area contributed by atoms with Crippen LogP contribution in [0.2, 0.25) is 0 Å². The molecule has 1 atom stereocenters. The summed E-state index contributed by atoms with van der Waals surface area (Å²) in [5.41, 5.74) is 7.40. The minimum atomic E-state index is 0.134. The van der Waals surface area contributed by atoms with Gasteiger partial charge in [-0.1, -0.05) is 0 Å². The first-order valence-electron chi connectivity index (χ1n) is 5.23. The van der Waals surface area contributed by atoms with Crippen LogP contribution in [0.5, 0.6) is 0 Å². The largest absolute Gasteiger partial charge is 0.399 e. The molecular formula is C11H14BrN3O.